The minimum absolute atomic E-state index is 0. The average molecular weight is 441 g/mol. The van der Waals surface area contributed by atoms with Crippen LogP contribution in [0.15, 0.2) is 48.7 Å². The second-order valence-corrected chi connectivity index (χ2v) is 7.26. The predicted octanol–water partition coefficient (Wildman–Crippen LogP) is 0.901. The van der Waals surface area contributed by atoms with E-state index in [9.17, 15) is 4.79 Å². The molecule has 146 valence electrons. The number of nitrogens with zero attached hydrogens (tertiary/aromatic N) is 2. The van der Waals surface area contributed by atoms with Crippen molar-refractivity contribution in [3.63, 3.8) is 0 Å². The molecule has 0 aliphatic carbocycles. The number of benzene rings is 2. The molecule has 0 amide bonds. The van der Waals surface area contributed by atoms with Gasteiger partial charge in [0.15, 0.2) is 12.2 Å². The van der Waals surface area contributed by atoms with Gasteiger partial charge < -0.3 is 21.7 Å². The first-order chi connectivity index (χ1) is 13.1. The molecule has 1 aliphatic rings. The summed E-state index contributed by atoms with van der Waals surface area (Å²) >= 11 is 0. The molecule has 2 aromatic carbocycles. The molecule has 5 heteroatoms. The molecule has 0 unspecified atom stereocenters. The minimum Gasteiger partial charge on any atom is -1.00 e. The van der Waals surface area contributed by atoms with Crippen LogP contribution in [0.5, 0.6) is 5.75 Å². The number of carbonyl (C=O) groups is 1. The minimum atomic E-state index is 0. The van der Waals surface area contributed by atoms with Gasteiger partial charge in [0.25, 0.3) is 5.82 Å². The number of ketones is 1. The molecule has 28 heavy (non-hydrogen) atoms. The lowest BCUT2D eigenvalue weighted by Crippen LogP contribution is -3.00. The van der Waals surface area contributed by atoms with Crippen LogP contribution in [-0.4, -0.2) is 17.5 Å². The van der Waals surface area contributed by atoms with Crippen molar-refractivity contribution in [3.05, 3.63) is 71.2 Å². The first kappa shape index (κ1) is 20.3. The van der Waals surface area contributed by atoms with E-state index in [1.165, 1.54) is 11.4 Å². The van der Waals surface area contributed by atoms with Gasteiger partial charge in [-0.05, 0) is 61.7 Å². The Balaban J connectivity index is 0.00000225. The molecule has 1 aromatic heterocycles. The fourth-order valence-electron chi connectivity index (χ4n) is 3.80. The summed E-state index contributed by atoms with van der Waals surface area (Å²) in [6.45, 7) is 5.51. The molecular formula is C23H25BrN2O2. The zero-order valence-electron chi connectivity index (χ0n) is 16.5. The summed E-state index contributed by atoms with van der Waals surface area (Å²) in [6.07, 6.45) is 4.25. The molecule has 0 fully saturated rings. The van der Waals surface area contributed by atoms with Crippen molar-refractivity contribution in [1.29, 1.82) is 0 Å². The number of imidazole rings is 1. The van der Waals surface area contributed by atoms with Crippen molar-refractivity contribution in [2.45, 2.75) is 39.8 Å². The van der Waals surface area contributed by atoms with Crippen molar-refractivity contribution < 1.29 is 31.1 Å². The predicted molar refractivity (Wildman–Crippen MR) is 105 cm³/mol. The number of aryl methyl sites for hydroxylation is 2. The zero-order valence-corrected chi connectivity index (χ0v) is 18.1. The third-order valence-corrected chi connectivity index (χ3v) is 5.52. The van der Waals surface area contributed by atoms with Gasteiger partial charge in [0.05, 0.1) is 20.1 Å². The van der Waals surface area contributed by atoms with Gasteiger partial charge >= 0.3 is 0 Å². The number of ether oxygens (including phenoxy) is 1. The van der Waals surface area contributed by atoms with Crippen molar-refractivity contribution >= 4 is 5.78 Å². The van der Waals surface area contributed by atoms with Gasteiger partial charge in [0, 0.05) is 11.1 Å². The fourth-order valence-corrected chi connectivity index (χ4v) is 3.80. The number of methoxy groups -OCH3 is 1. The molecule has 0 saturated heterocycles. The van der Waals surface area contributed by atoms with E-state index in [-0.39, 0.29) is 22.8 Å². The number of halogens is 1. The Kier molecular flexibility index (Phi) is 6.04. The van der Waals surface area contributed by atoms with E-state index in [2.05, 4.69) is 41.3 Å². The van der Waals surface area contributed by atoms with Crippen LogP contribution in [-0.2, 0) is 19.5 Å². The van der Waals surface area contributed by atoms with E-state index in [1.54, 1.807) is 7.11 Å². The normalized spacial score (nSPS) is 12.4. The molecule has 0 bridgehead atoms. The largest absolute Gasteiger partial charge is 1.00 e. The molecule has 0 spiro atoms. The molecule has 3 aromatic rings. The second kappa shape index (κ2) is 8.31. The van der Waals surface area contributed by atoms with Gasteiger partial charge in [-0.25, -0.2) is 9.13 Å². The number of fused-ring (bicyclic) bond motifs is 1. The van der Waals surface area contributed by atoms with Gasteiger partial charge in [-0.15, -0.1) is 0 Å². The maximum absolute atomic E-state index is 12.9. The maximum atomic E-state index is 12.9. The number of hydrogen-bond acceptors (Lipinski definition) is 2. The van der Waals surface area contributed by atoms with Gasteiger partial charge in [-0.2, -0.15) is 0 Å². The monoisotopic (exact) mass is 440 g/mol. The summed E-state index contributed by atoms with van der Waals surface area (Å²) in [4.78, 5) is 12.9. The highest BCUT2D eigenvalue weighted by molar-refractivity contribution is 5.95. The van der Waals surface area contributed by atoms with Gasteiger partial charge in [-0.1, -0.05) is 12.1 Å². The number of rotatable bonds is 5. The molecule has 1 aliphatic heterocycles. The first-order valence-corrected chi connectivity index (χ1v) is 9.43. The van der Waals surface area contributed by atoms with Crippen molar-refractivity contribution in [1.82, 2.24) is 4.57 Å². The number of Topliss-reactive ketones (excluding diaryl/α,β-unsaturated/α-hetero) is 1. The van der Waals surface area contributed by atoms with Crippen molar-refractivity contribution in [3.8, 4) is 17.0 Å². The molecule has 0 radical (unpaired) electrons. The average Bonchev–Trinajstić information content (AvgIpc) is 3.28. The third kappa shape index (κ3) is 3.76. The summed E-state index contributed by atoms with van der Waals surface area (Å²) in [5, 5.41) is 0. The van der Waals surface area contributed by atoms with Crippen LogP contribution >= 0.6 is 0 Å². The van der Waals surface area contributed by atoms with Crippen molar-refractivity contribution in [2.75, 3.05) is 7.11 Å². The van der Waals surface area contributed by atoms with Gasteiger partial charge in [-0.3, -0.25) is 4.79 Å². The lowest BCUT2D eigenvalue weighted by Gasteiger charge is -2.04. The Labute approximate surface area is 176 Å². The first-order valence-electron chi connectivity index (χ1n) is 9.43. The third-order valence-electron chi connectivity index (χ3n) is 5.52. The van der Waals surface area contributed by atoms with Crippen LogP contribution in [0.2, 0.25) is 0 Å². The molecule has 0 atom stereocenters. The van der Waals surface area contributed by atoms with Crippen LogP contribution < -0.4 is 26.3 Å². The molecule has 4 rings (SSSR count). The van der Waals surface area contributed by atoms with Crippen molar-refractivity contribution in [2.24, 2.45) is 0 Å². The fraction of sp³-hybridized carbons (Fsp3) is 0.304. The Bertz CT molecular complexity index is 1010. The molecule has 0 saturated carbocycles. The van der Waals surface area contributed by atoms with E-state index < -0.39 is 0 Å². The van der Waals surface area contributed by atoms with Gasteiger partial charge in [0.1, 0.15) is 11.9 Å². The van der Waals surface area contributed by atoms with E-state index in [0.717, 1.165) is 47.5 Å². The highest BCUT2D eigenvalue weighted by Gasteiger charge is 2.29. The van der Waals surface area contributed by atoms with E-state index in [1.807, 2.05) is 30.3 Å². The maximum Gasteiger partial charge on any atom is 0.257 e. The molecule has 2 heterocycles. The van der Waals surface area contributed by atoms with Crippen LogP contribution in [0.3, 0.4) is 0 Å². The quantitative estimate of drug-likeness (QED) is 0.436. The summed E-state index contributed by atoms with van der Waals surface area (Å²) in [6, 6.07) is 14.1. The zero-order chi connectivity index (χ0) is 19.0. The Morgan fingerprint density at radius 2 is 1.86 bits per heavy atom. The summed E-state index contributed by atoms with van der Waals surface area (Å²) < 4.78 is 9.74. The topological polar surface area (TPSA) is 35.1 Å². The Morgan fingerprint density at radius 3 is 2.54 bits per heavy atom. The van der Waals surface area contributed by atoms with Crippen LogP contribution in [0.25, 0.3) is 11.3 Å². The summed E-state index contributed by atoms with van der Waals surface area (Å²) in [5.74, 6) is 2.24. The Hall–Kier alpha value is -2.40. The van der Waals surface area contributed by atoms with E-state index in [4.69, 9.17) is 4.74 Å². The molecule has 4 nitrogen and oxygen atoms in total. The number of hydrogen-bond donors (Lipinski definition) is 0. The molecular weight excluding hydrogens is 416 g/mol. The summed E-state index contributed by atoms with van der Waals surface area (Å²) in [7, 11) is 1.68. The lowest BCUT2D eigenvalue weighted by molar-refractivity contribution is -0.689. The van der Waals surface area contributed by atoms with E-state index in [0.29, 0.717) is 6.54 Å². The van der Waals surface area contributed by atoms with E-state index >= 15 is 0 Å². The highest BCUT2D eigenvalue weighted by atomic mass is 79.9. The van der Waals surface area contributed by atoms with Crippen LogP contribution in [0.4, 0.5) is 0 Å². The number of carbonyl (C=O) groups excluding carboxylic acids is 1. The number of aromatic nitrogens is 2. The van der Waals surface area contributed by atoms with Crippen LogP contribution in [0.1, 0.15) is 33.7 Å². The second-order valence-electron chi connectivity index (χ2n) is 7.26. The smallest absolute Gasteiger partial charge is 0.257 e. The molecule has 0 N–H and O–H groups in total. The Morgan fingerprint density at radius 1 is 1.11 bits per heavy atom. The lowest BCUT2D eigenvalue weighted by atomic mass is 10.0. The standard InChI is InChI=1S/C23H25N2O2.BrH/c1-16-6-7-19(13-17(16)2)22(26)15-24-14-21(25-12-4-5-23(24)25)18-8-10-20(27-3)11-9-18;/h6-11,13-14H,4-5,12,15H2,1-3H3;1H/q+1;/p-1. The van der Waals surface area contributed by atoms with Crippen LogP contribution in [0, 0.1) is 13.8 Å². The highest BCUT2D eigenvalue weighted by Crippen LogP contribution is 2.26. The van der Waals surface area contributed by atoms with Gasteiger partial charge in [0.2, 0.25) is 5.78 Å². The SMILES string of the molecule is COc1ccc(-c2c[n+](CC(=O)c3ccc(C)c(C)c3)c3n2CCC3)cc1.[Br-]. The summed E-state index contributed by atoms with van der Waals surface area (Å²) in [5.41, 5.74) is 5.47.